The molecule has 0 spiro atoms. The Hall–Kier alpha value is -0.410. The number of nitrogens with zero attached hydrogens (tertiary/aromatic N) is 1. The van der Waals surface area contributed by atoms with Gasteiger partial charge in [-0.2, -0.15) is 0 Å². The molecule has 1 saturated carbocycles. The van der Waals surface area contributed by atoms with Gasteiger partial charge in [0.05, 0.1) is 5.54 Å². The smallest absolute Gasteiger partial charge is 0.113 e. The lowest BCUT2D eigenvalue weighted by Gasteiger charge is -2.47. The van der Waals surface area contributed by atoms with E-state index >= 15 is 0 Å². The largest absolute Gasteiger partial charge is 0.303 e. The van der Waals surface area contributed by atoms with Crippen molar-refractivity contribution < 1.29 is 0 Å². The van der Waals surface area contributed by atoms with Gasteiger partial charge in [0.2, 0.25) is 0 Å². The van der Waals surface area contributed by atoms with Crippen LogP contribution in [0.1, 0.15) is 38.6 Å². The Balaban J connectivity index is 2.16. The van der Waals surface area contributed by atoms with Crippen LogP contribution in [0.4, 0.5) is 0 Å². The van der Waals surface area contributed by atoms with Crippen molar-refractivity contribution in [3.8, 4) is 0 Å². The van der Waals surface area contributed by atoms with Gasteiger partial charge in [-0.15, -0.1) is 11.3 Å². The molecule has 1 aromatic heterocycles. The lowest BCUT2D eigenvalue weighted by molar-refractivity contribution is 0.104. The van der Waals surface area contributed by atoms with Crippen molar-refractivity contribution in [2.75, 3.05) is 0 Å². The molecular formula is C11H18N2S. The molecule has 0 unspecified atom stereocenters. The Labute approximate surface area is 89.8 Å². The highest BCUT2D eigenvalue weighted by atomic mass is 32.1. The predicted octanol–water partition coefficient (Wildman–Crippen LogP) is 2.77. The van der Waals surface area contributed by atoms with E-state index in [0.717, 1.165) is 5.92 Å². The van der Waals surface area contributed by atoms with Gasteiger partial charge in [0, 0.05) is 17.6 Å². The summed E-state index contributed by atoms with van der Waals surface area (Å²) >= 11 is 1.78. The molecule has 78 valence electrons. The Morgan fingerprint density at radius 2 is 2.29 bits per heavy atom. The van der Waals surface area contributed by atoms with Gasteiger partial charge in [0.1, 0.15) is 5.01 Å². The third kappa shape index (κ3) is 1.71. The Morgan fingerprint density at radius 1 is 1.57 bits per heavy atom. The Bertz CT molecular complexity index is 286. The van der Waals surface area contributed by atoms with Gasteiger partial charge in [-0.25, -0.2) is 4.98 Å². The molecule has 2 rings (SSSR count). The van der Waals surface area contributed by atoms with E-state index in [2.05, 4.69) is 36.5 Å². The zero-order chi connectivity index (χ0) is 10.2. The zero-order valence-electron chi connectivity index (χ0n) is 9.08. The lowest BCUT2D eigenvalue weighted by atomic mass is 9.69. The van der Waals surface area contributed by atoms with Crippen LogP contribution in [0, 0.1) is 5.92 Å². The number of aromatic nitrogens is 1. The van der Waals surface area contributed by atoms with Crippen LogP contribution in [0.25, 0.3) is 0 Å². The summed E-state index contributed by atoms with van der Waals surface area (Å²) in [7, 11) is 0. The summed E-state index contributed by atoms with van der Waals surface area (Å²) in [5.74, 6) is 0.838. The van der Waals surface area contributed by atoms with Crippen molar-refractivity contribution in [2.45, 2.75) is 45.2 Å². The third-order valence-electron chi connectivity index (χ3n) is 2.80. The van der Waals surface area contributed by atoms with Gasteiger partial charge >= 0.3 is 0 Å². The summed E-state index contributed by atoms with van der Waals surface area (Å²) in [4.78, 5) is 4.45. The van der Waals surface area contributed by atoms with Crippen LogP contribution in [-0.4, -0.2) is 11.0 Å². The first kappa shape index (κ1) is 10.1. The van der Waals surface area contributed by atoms with Gasteiger partial charge in [0.25, 0.3) is 0 Å². The average molecular weight is 210 g/mol. The minimum Gasteiger partial charge on any atom is -0.303 e. The van der Waals surface area contributed by atoms with Crippen molar-refractivity contribution in [2.24, 2.45) is 5.92 Å². The maximum absolute atomic E-state index is 4.45. The molecule has 1 aliphatic carbocycles. The third-order valence-corrected chi connectivity index (χ3v) is 3.78. The Morgan fingerprint density at radius 3 is 2.71 bits per heavy atom. The highest BCUT2D eigenvalue weighted by molar-refractivity contribution is 7.09. The summed E-state index contributed by atoms with van der Waals surface area (Å²) in [5.41, 5.74) is 0.196. The highest BCUT2D eigenvalue weighted by Crippen LogP contribution is 2.46. The summed E-state index contributed by atoms with van der Waals surface area (Å²) in [6.45, 7) is 6.73. The normalized spacial score (nSPS) is 31.9. The van der Waals surface area contributed by atoms with Crippen molar-refractivity contribution in [1.82, 2.24) is 10.3 Å². The molecule has 0 atom stereocenters. The molecule has 1 fully saturated rings. The highest BCUT2D eigenvalue weighted by Gasteiger charge is 2.45. The lowest BCUT2D eigenvalue weighted by Crippen LogP contribution is -2.54. The summed E-state index contributed by atoms with van der Waals surface area (Å²) in [5, 5.41) is 7.01. The standard InChI is InChI=1S/C11H18N2S/c1-8(2)13-11(6-9(3)7-11)10-12-4-5-14-10/h4-5,8-9,13H,6-7H2,1-3H3. The van der Waals surface area contributed by atoms with E-state index < -0.39 is 0 Å². The van der Waals surface area contributed by atoms with Crippen molar-refractivity contribution >= 4 is 11.3 Å². The van der Waals surface area contributed by atoms with Gasteiger partial charge < -0.3 is 5.32 Å². The molecule has 0 aromatic carbocycles. The number of hydrogen-bond acceptors (Lipinski definition) is 3. The van der Waals surface area contributed by atoms with E-state index in [-0.39, 0.29) is 5.54 Å². The van der Waals surface area contributed by atoms with Crippen molar-refractivity contribution in [3.63, 3.8) is 0 Å². The first-order chi connectivity index (χ1) is 6.62. The quantitative estimate of drug-likeness (QED) is 0.830. The van der Waals surface area contributed by atoms with E-state index in [1.807, 2.05) is 6.20 Å². The van der Waals surface area contributed by atoms with Crippen molar-refractivity contribution in [1.29, 1.82) is 0 Å². The van der Waals surface area contributed by atoms with E-state index in [1.165, 1.54) is 17.8 Å². The van der Waals surface area contributed by atoms with E-state index in [9.17, 15) is 0 Å². The second kappa shape index (κ2) is 3.63. The van der Waals surface area contributed by atoms with E-state index in [1.54, 1.807) is 11.3 Å². The number of thiazole rings is 1. The molecule has 14 heavy (non-hydrogen) atoms. The van der Waals surface area contributed by atoms with Crippen LogP contribution in [0.3, 0.4) is 0 Å². The van der Waals surface area contributed by atoms with Crippen LogP contribution >= 0.6 is 11.3 Å². The summed E-state index contributed by atoms with van der Waals surface area (Å²) in [6.07, 6.45) is 4.38. The number of rotatable bonds is 3. The maximum atomic E-state index is 4.45. The molecule has 1 heterocycles. The second-order valence-corrected chi connectivity index (χ2v) is 5.63. The van der Waals surface area contributed by atoms with Crippen LogP contribution in [0.15, 0.2) is 11.6 Å². The minimum atomic E-state index is 0.196. The van der Waals surface area contributed by atoms with E-state index in [4.69, 9.17) is 0 Å². The molecule has 1 N–H and O–H groups in total. The second-order valence-electron chi connectivity index (χ2n) is 4.73. The summed E-state index contributed by atoms with van der Waals surface area (Å²) in [6, 6.07) is 0.534. The first-order valence-electron chi connectivity index (χ1n) is 5.30. The summed E-state index contributed by atoms with van der Waals surface area (Å²) < 4.78 is 0. The van der Waals surface area contributed by atoms with Gasteiger partial charge in [-0.05, 0) is 32.6 Å². The topological polar surface area (TPSA) is 24.9 Å². The van der Waals surface area contributed by atoms with Gasteiger partial charge in [-0.1, -0.05) is 6.92 Å². The fourth-order valence-electron chi connectivity index (χ4n) is 2.50. The molecule has 2 nitrogen and oxygen atoms in total. The molecule has 0 bridgehead atoms. The fraction of sp³-hybridized carbons (Fsp3) is 0.727. The first-order valence-corrected chi connectivity index (χ1v) is 6.18. The van der Waals surface area contributed by atoms with Crippen LogP contribution in [0.2, 0.25) is 0 Å². The Kier molecular flexibility index (Phi) is 2.62. The molecular weight excluding hydrogens is 192 g/mol. The molecule has 0 amide bonds. The maximum Gasteiger partial charge on any atom is 0.113 e. The molecule has 1 aliphatic rings. The molecule has 1 aromatic rings. The monoisotopic (exact) mass is 210 g/mol. The van der Waals surface area contributed by atoms with Gasteiger partial charge in [-0.3, -0.25) is 0 Å². The average Bonchev–Trinajstić information content (AvgIpc) is 2.51. The van der Waals surface area contributed by atoms with Crippen LogP contribution in [-0.2, 0) is 5.54 Å². The minimum absolute atomic E-state index is 0.196. The van der Waals surface area contributed by atoms with Crippen molar-refractivity contribution in [3.05, 3.63) is 16.6 Å². The molecule has 0 saturated heterocycles. The molecule has 3 heteroatoms. The number of hydrogen-bond donors (Lipinski definition) is 1. The van der Waals surface area contributed by atoms with E-state index in [0.29, 0.717) is 6.04 Å². The molecule has 0 aliphatic heterocycles. The van der Waals surface area contributed by atoms with Crippen LogP contribution < -0.4 is 5.32 Å². The fourth-order valence-corrected chi connectivity index (χ4v) is 3.32. The number of nitrogens with one attached hydrogen (secondary N) is 1. The zero-order valence-corrected chi connectivity index (χ0v) is 9.90. The molecule has 0 radical (unpaired) electrons. The van der Waals surface area contributed by atoms with Gasteiger partial charge in [0.15, 0.2) is 0 Å². The SMILES string of the molecule is CC1CC(NC(C)C)(c2nccs2)C1. The van der Waals surface area contributed by atoms with Crippen LogP contribution in [0.5, 0.6) is 0 Å². The predicted molar refractivity (Wildman–Crippen MR) is 60.5 cm³/mol.